The first kappa shape index (κ1) is 21.5. The van der Waals surface area contributed by atoms with Crippen molar-refractivity contribution in [2.45, 2.75) is 44.6 Å². The van der Waals surface area contributed by atoms with Gasteiger partial charge in [0, 0.05) is 31.5 Å². The summed E-state index contributed by atoms with van der Waals surface area (Å²) in [5.41, 5.74) is 2.27. The van der Waals surface area contributed by atoms with Crippen molar-refractivity contribution in [1.29, 1.82) is 0 Å². The maximum absolute atomic E-state index is 13.0. The Morgan fingerprint density at radius 1 is 1.00 bits per heavy atom. The molecule has 1 N–H and O–H groups in total. The Hall–Kier alpha value is -2.18. The van der Waals surface area contributed by atoms with Crippen molar-refractivity contribution in [2.75, 3.05) is 18.8 Å². The maximum Gasteiger partial charge on any atom is 0.223 e. The summed E-state index contributed by atoms with van der Waals surface area (Å²) in [6, 6.07) is 20.2. The van der Waals surface area contributed by atoms with E-state index >= 15 is 0 Å². The molecule has 0 atom stereocenters. The molecule has 1 aliphatic heterocycles. The smallest absolute Gasteiger partial charge is 0.223 e. The van der Waals surface area contributed by atoms with Crippen molar-refractivity contribution in [3.63, 3.8) is 0 Å². The number of nitrogens with one attached hydrogen (secondary N) is 1. The molecule has 1 amide bonds. The minimum atomic E-state index is -3.21. The van der Waals surface area contributed by atoms with Gasteiger partial charge in [-0.2, -0.15) is 0 Å². The van der Waals surface area contributed by atoms with Crippen molar-refractivity contribution < 1.29 is 13.2 Å². The van der Waals surface area contributed by atoms with Crippen LogP contribution >= 0.6 is 0 Å². The number of carbonyl (C=O) groups is 1. The second-order valence-electron chi connectivity index (χ2n) is 7.67. The van der Waals surface area contributed by atoms with Gasteiger partial charge in [0.15, 0.2) is 0 Å². The Labute approximate surface area is 174 Å². The molecule has 0 unspecified atom stereocenters. The zero-order valence-corrected chi connectivity index (χ0v) is 17.8. The van der Waals surface area contributed by atoms with Crippen LogP contribution in [-0.4, -0.2) is 44.1 Å². The molecule has 1 saturated heterocycles. The molecule has 6 heteroatoms. The van der Waals surface area contributed by atoms with E-state index in [4.69, 9.17) is 0 Å². The summed E-state index contributed by atoms with van der Waals surface area (Å²) in [7, 11) is -3.21. The van der Waals surface area contributed by atoms with Gasteiger partial charge in [0.1, 0.15) is 0 Å². The van der Waals surface area contributed by atoms with Gasteiger partial charge in [-0.1, -0.05) is 67.6 Å². The number of amides is 1. The molecule has 0 aromatic heterocycles. The Morgan fingerprint density at radius 3 is 2.00 bits per heavy atom. The van der Waals surface area contributed by atoms with Crippen molar-refractivity contribution in [3.8, 4) is 0 Å². The molecule has 1 heterocycles. The Bertz CT molecular complexity index is 837. The lowest BCUT2D eigenvalue weighted by Crippen LogP contribution is -2.47. The molecule has 1 fully saturated rings. The van der Waals surface area contributed by atoms with Crippen LogP contribution in [0.2, 0.25) is 0 Å². The van der Waals surface area contributed by atoms with E-state index in [2.05, 4.69) is 29.0 Å². The highest BCUT2D eigenvalue weighted by Gasteiger charge is 2.27. The summed E-state index contributed by atoms with van der Waals surface area (Å²) in [4.78, 5) is 14.9. The molecular formula is C23H30N2O3S. The molecule has 2 aromatic carbocycles. The van der Waals surface area contributed by atoms with E-state index < -0.39 is 10.0 Å². The van der Waals surface area contributed by atoms with Crippen LogP contribution in [0.15, 0.2) is 60.7 Å². The van der Waals surface area contributed by atoms with Gasteiger partial charge < -0.3 is 4.90 Å². The SMILES string of the molecule is CCCS(=O)(=O)NC1CCN(C(=O)CC(c2ccccc2)c2ccccc2)CC1. The van der Waals surface area contributed by atoms with Gasteiger partial charge in [0.05, 0.1) is 5.75 Å². The largest absolute Gasteiger partial charge is 0.343 e. The number of rotatable bonds is 8. The molecule has 0 saturated carbocycles. The van der Waals surface area contributed by atoms with E-state index in [-0.39, 0.29) is 23.6 Å². The lowest BCUT2D eigenvalue weighted by Gasteiger charge is -2.33. The van der Waals surface area contributed by atoms with E-state index in [1.54, 1.807) is 0 Å². The topological polar surface area (TPSA) is 66.5 Å². The van der Waals surface area contributed by atoms with Crippen LogP contribution in [0.3, 0.4) is 0 Å². The lowest BCUT2D eigenvalue weighted by molar-refractivity contribution is -0.132. The molecule has 29 heavy (non-hydrogen) atoms. The molecule has 3 rings (SSSR count). The van der Waals surface area contributed by atoms with Crippen LogP contribution < -0.4 is 4.72 Å². The van der Waals surface area contributed by atoms with Gasteiger partial charge in [-0.25, -0.2) is 13.1 Å². The third-order valence-corrected chi connectivity index (χ3v) is 7.09. The highest BCUT2D eigenvalue weighted by atomic mass is 32.2. The summed E-state index contributed by atoms with van der Waals surface area (Å²) in [5.74, 6) is 0.297. The second kappa shape index (κ2) is 10.0. The van der Waals surface area contributed by atoms with Crippen LogP contribution in [-0.2, 0) is 14.8 Å². The minimum absolute atomic E-state index is 0.0191. The fourth-order valence-corrected chi connectivity index (χ4v) is 5.33. The van der Waals surface area contributed by atoms with Crippen molar-refractivity contribution in [1.82, 2.24) is 9.62 Å². The second-order valence-corrected chi connectivity index (χ2v) is 9.54. The lowest BCUT2D eigenvalue weighted by atomic mass is 9.88. The average molecular weight is 415 g/mol. The Morgan fingerprint density at radius 2 is 1.52 bits per heavy atom. The summed E-state index contributed by atoms with van der Waals surface area (Å²) in [5, 5.41) is 0. The molecular weight excluding hydrogens is 384 g/mol. The number of piperidine rings is 1. The fraction of sp³-hybridized carbons (Fsp3) is 0.435. The van der Waals surface area contributed by atoms with Gasteiger partial charge in [-0.15, -0.1) is 0 Å². The number of nitrogens with zero attached hydrogens (tertiary/aromatic N) is 1. The first-order valence-corrected chi connectivity index (χ1v) is 12.0. The predicted octanol–water partition coefficient (Wildman–Crippen LogP) is 3.53. The van der Waals surface area contributed by atoms with E-state index in [0.717, 1.165) is 11.1 Å². The summed E-state index contributed by atoms with van der Waals surface area (Å²) in [6.07, 6.45) is 2.35. The normalized spacial score (nSPS) is 15.6. The van der Waals surface area contributed by atoms with Crippen LogP contribution in [0.4, 0.5) is 0 Å². The molecule has 0 radical (unpaired) electrons. The van der Waals surface area contributed by atoms with E-state index in [9.17, 15) is 13.2 Å². The Kier molecular flexibility index (Phi) is 7.45. The first-order valence-electron chi connectivity index (χ1n) is 10.4. The van der Waals surface area contributed by atoms with Crippen LogP contribution in [0.5, 0.6) is 0 Å². The van der Waals surface area contributed by atoms with Crippen LogP contribution in [0.25, 0.3) is 0 Å². The van der Waals surface area contributed by atoms with Crippen molar-refractivity contribution in [3.05, 3.63) is 71.8 Å². The zero-order valence-electron chi connectivity index (χ0n) is 17.0. The molecule has 5 nitrogen and oxygen atoms in total. The number of benzene rings is 2. The zero-order chi connectivity index (χ0) is 20.7. The molecule has 0 aliphatic carbocycles. The van der Waals surface area contributed by atoms with Gasteiger partial charge in [-0.3, -0.25) is 4.79 Å². The third kappa shape index (κ3) is 6.15. The predicted molar refractivity (Wildman–Crippen MR) is 116 cm³/mol. The van der Waals surface area contributed by atoms with Gasteiger partial charge in [-0.05, 0) is 30.4 Å². The summed E-state index contributed by atoms with van der Waals surface area (Å²) in [6.45, 7) is 3.04. The van der Waals surface area contributed by atoms with Gasteiger partial charge in [0.2, 0.25) is 15.9 Å². The minimum Gasteiger partial charge on any atom is -0.343 e. The summed E-state index contributed by atoms with van der Waals surface area (Å²) >= 11 is 0. The van der Waals surface area contributed by atoms with E-state index in [1.165, 1.54) is 0 Å². The number of likely N-dealkylation sites (tertiary alicyclic amines) is 1. The number of hydrogen-bond donors (Lipinski definition) is 1. The third-order valence-electron chi connectivity index (χ3n) is 5.45. The van der Waals surface area contributed by atoms with Gasteiger partial charge >= 0.3 is 0 Å². The van der Waals surface area contributed by atoms with Crippen molar-refractivity contribution >= 4 is 15.9 Å². The Balaban J connectivity index is 1.63. The first-order chi connectivity index (χ1) is 14.0. The highest BCUT2D eigenvalue weighted by molar-refractivity contribution is 7.89. The number of hydrogen-bond acceptors (Lipinski definition) is 3. The highest BCUT2D eigenvalue weighted by Crippen LogP contribution is 2.29. The molecule has 0 spiro atoms. The average Bonchev–Trinajstić information content (AvgIpc) is 2.73. The number of carbonyl (C=O) groups excluding carboxylic acids is 1. The van der Waals surface area contributed by atoms with Gasteiger partial charge in [0.25, 0.3) is 0 Å². The van der Waals surface area contributed by atoms with E-state index in [1.807, 2.05) is 48.2 Å². The number of sulfonamides is 1. The molecule has 2 aromatic rings. The monoisotopic (exact) mass is 414 g/mol. The summed E-state index contributed by atoms with van der Waals surface area (Å²) < 4.78 is 26.7. The molecule has 1 aliphatic rings. The maximum atomic E-state index is 13.0. The van der Waals surface area contributed by atoms with E-state index in [0.29, 0.717) is 38.8 Å². The molecule has 156 valence electrons. The van der Waals surface area contributed by atoms with Crippen LogP contribution in [0, 0.1) is 0 Å². The van der Waals surface area contributed by atoms with Crippen LogP contribution in [0.1, 0.15) is 49.7 Å². The molecule has 0 bridgehead atoms. The quantitative estimate of drug-likeness (QED) is 0.719. The fourth-order valence-electron chi connectivity index (χ4n) is 3.93. The standard InChI is InChI=1S/C23H30N2O3S/c1-2-17-29(27,28)24-21-13-15-25(16-14-21)23(26)18-22(19-9-5-3-6-10-19)20-11-7-4-8-12-20/h3-12,21-22,24H,2,13-18H2,1H3. The van der Waals surface area contributed by atoms with Crippen molar-refractivity contribution in [2.24, 2.45) is 0 Å².